The van der Waals surface area contributed by atoms with Crippen molar-refractivity contribution in [3.8, 4) is 0 Å². The maximum atomic E-state index is 4.34. The molecule has 1 saturated heterocycles. The highest BCUT2D eigenvalue weighted by molar-refractivity contribution is 7.99. The van der Waals surface area contributed by atoms with E-state index in [0.717, 1.165) is 12.4 Å². The van der Waals surface area contributed by atoms with Crippen LogP contribution in [0.1, 0.15) is 32.1 Å². The lowest BCUT2D eigenvalue weighted by molar-refractivity contribution is 0.0706. The molecule has 0 atom stereocenters. The lowest BCUT2D eigenvalue weighted by atomic mass is 9.80. The first-order valence-electron chi connectivity index (χ1n) is 7.72. The summed E-state index contributed by atoms with van der Waals surface area (Å²) in [5.74, 6) is 3.48. The zero-order valence-corrected chi connectivity index (χ0v) is 12.9. The van der Waals surface area contributed by atoms with Crippen molar-refractivity contribution in [2.75, 3.05) is 36.5 Å². The Hall–Kier alpha value is -0.810. The van der Waals surface area contributed by atoms with Gasteiger partial charge in [0.15, 0.2) is 0 Å². The van der Waals surface area contributed by atoms with E-state index in [1.165, 1.54) is 56.7 Å². The van der Waals surface area contributed by atoms with Gasteiger partial charge in [-0.15, -0.1) is 0 Å². The zero-order valence-electron chi connectivity index (χ0n) is 12.1. The molecular formula is C15H24N4S. The molecule has 0 bridgehead atoms. The molecule has 110 valence electrons. The average molecular weight is 292 g/mol. The molecule has 0 amide bonds. The molecule has 1 aliphatic heterocycles. The van der Waals surface area contributed by atoms with Gasteiger partial charge < -0.3 is 5.32 Å². The Kier molecular flexibility index (Phi) is 4.78. The van der Waals surface area contributed by atoms with Crippen molar-refractivity contribution < 1.29 is 0 Å². The Morgan fingerprint density at radius 1 is 1.15 bits per heavy atom. The summed E-state index contributed by atoms with van der Waals surface area (Å²) in [4.78, 5) is 11.2. The van der Waals surface area contributed by atoms with Gasteiger partial charge in [0.25, 0.3) is 0 Å². The minimum atomic E-state index is 0.344. The van der Waals surface area contributed by atoms with Crippen LogP contribution >= 0.6 is 11.8 Å². The number of anilines is 1. The van der Waals surface area contributed by atoms with E-state index >= 15 is 0 Å². The van der Waals surface area contributed by atoms with E-state index < -0.39 is 0 Å². The maximum Gasteiger partial charge on any atom is 0.144 e. The first-order valence-corrected chi connectivity index (χ1v) is 8.87. The van der Waals surface area contributed by atoms with Crippen LogP contribution in [0.3, 0.4) is 0 Å². The van der Waals surface area contributed by atoms with E-state index in [1.54, 1.807) is 12.4 Å². The number of nitrogens with one attached hydrogen (secondary N) is 1. The number of rotatable bonds is 4. The second-order valence-electron chi connectivity index (χ2n) is 5.83. The number of hydrogen-bond acceptors (Lipinski definition) is 5. The van der Waals surface area contributed by atoms with E-state index in [-0.39, 0.29) is 0 Å². The molecular weight excluding hydrogens is 268 g/mol. The zero-order chi connectivity index (χ0) is 13.7. The Bertz CT molecular complexity index is 400. The summed E-state index contributed by atoms with van der Waals surface area (Å²) < 4.78 is 0. The van der Waals surface area contributed by atoms with Crippen molar-refractivity contribution in [2.24, 2.45) is 0 Å². The van der Waals surface area contributed by atoms with Gasteiger partial charge in [-0.2, -0.15) is 11.8 Å². The molecule has 2 fully saturated rings. The van der Waals surface area contributed by atoms with Crippen LogP contribution in [-0.2, 0) is 0 Å². The first-order chi connectivity index (χ1) is 9.89. The fraction of sp³-hybridized carbons (Fsp3) is 0.733. The van der Waals surface area contributed by atoms with Gasteiger partial charge in [0.05, 0.1) is 6.20 Å². The summed E-state index contributed by atoms with van der Waals surface area (Å²) >= 11 is 2.09. The fourth-order valence-electron chi connectivity index (χ4n) is 3.50. The maximum absolute atomic E-state index is 4.34. The summed E-state index contributed by atoms with van der Waals surface area (Å²) in [6.07, 6.45) is 12.1. The fourth-order valence-corrected chi connectivity index (χ4v) is 4.40. The smallest absolute Gasteiger partial charge is 0.144 e. The molecule has 2 heterocycles. The second kappa shape index (κ2) is 6.76. The predicted octanol–water partition coefficient (Wildman–Crippen LogP) is 2.64. The minimum Gasteiger partial charge on any atom is -0.367 e. The van der Waals surface area contributed by atoms with Gasteiger partial charge in [0.2, 0.25) is 0 Å². The molecule has 4 nitrogen and oxygen atoms in total. The lowest BCUT2D eigenvalue weighted by Gasteiger charge is -2.48. The van der Waals surface area contributed by atoms with Crippen LogP contribution < -0.4 is 5.32 Å². The van der Waals surface area contributed by atoms with Crippen LogP contribution in [0.4, 0.5) is 5.82 Å². The van der Waals surface area contributed by atoms with Gasteiger partial charge in [0, 0.05) is 49.1 Å². The number of aromatic nitrogens is 2. The molecule has 1 saturated carbocycles. The Morgan fingerprint density at radius 2 is 1.95 bits per heavy atom. The number of thioether (sulfide) groups is 1. The lowest BCUT2D eigenvalue weighted by Crippen LogP contribution is -2.57. The number of hydrogen-bond donors (Lipinski definition) is 1. The van der Waals surface area contributed by atoms with Crippen LogP contribution in [0, 0.1) is 0 Å². The van der Waals surface area contributed by atoms with Crippen molar-refractivity contribution in [3.05, 3.63) is 18.6 Å². The molecule has 5 heteroatoms. The highest BCUT2D eigenvalue weighted by Crippen LogP contribution is 2.35. The summed E-state index contributed by atoms with van der Waals surface area (Å²) in [6.45, 7) is 3.50. The van der Waals surface area contributed by atoms with Crippen molar-refractivity contribution in [3.63, 3.8) is 0 Å². The molecule has 1 N–H and O–H groups in total. The van der Waals surface area contributed by atoms with Gasteiger partial charge in [-0.3, -0.25) is 9.88 Å². The van der Waals surface area contributed by atoms with E-state index in [9.17, 15) is 0 Å². The Balaban J connectivity index is 1.68. The van der Waals surface area contributed by atoms with Crippen molar-refractivity contribution >= 4 is 17.6 Å². The normalized spacial score (nSPS) is 23.4. The summed E-state index contributed by atoms with van der Waals surface area (Å²) in [6, 6.07) is 0. The molecule has 0 radical (unpaired) electrons. The minimum absolute atomic E-state index is 0.344. The summed E-state index contributed by atoms with van der Waals surface area (Å²) in [7, 11) is 0. The monoisotopic (exact) mass is 292 g/mol. The van der Waals surface area contributed by atoms with Crippen molar-refractivity contribution in [1.29, 1.82) is 0 Å². The quantitative estimate of drug-likeness (QED) is 0.924. The van der Waals surface area contributed by atoms with Gasteiger partial charge in [-0.25, -0.2) is 4.98 Å². The highest BCUT2D eigenvalue weighted by Gasteiger charge is 2.38. The molecule has 1 aliphatic carbocycles. The second-order valence-corrected chi connectivity index (χ2v) is 7.05. The average Bonchev–Trinajstić information content (AvgIpc) is 2.56. The third kappa shape index (κ3) is 3.26. The van der Waals surface area contributed by atoms with Gasteiger partial charge in [-0.1, -0.05) is 19.3 Å². The Morgan fingerprint density at radius 3 is 2.65 bits per heavy atom. The molecule has 20 heavy (non-hydrogen) atoms. The Labute approximate surface area is 125 Å². The molecule has 1 aromatic heterocycles. The van der Waals surface area contributed by atoms with Crippen LogP contribution in [0.15, 0.2) is 18.6 Å². The number of nitrogens with zero attached hydrogens (tertiary/aromatic N) is 3. The van der Waals surface area contributed by atoms with Gasteiger partial charge in [0.1, 0.15) is 5.82 Å². The van der Waals surface area contributed by atoms with E-state index in [4.69, 9.17) is 0 Å². The molecule has 3 rings (SSSR count). The largest absolute Gasteiger partial charge is 0.367 e. The van der Waals surface area contributed by atoms with E-state index in [1.807, 2.05) is 6.20 Å². The van der Waals surface area contributed by atoms with E-state index in [2.05, 4.69) is 31.9 Å². The molecule has 0 aromatic carbocycles. The third-order valence-electron chi connectivity index (χ3n) is 4.63. The van der Waals surface area contributed by atoms with Crippen LogP contribution in [0.25, 0.3) is 0 Å². The molecule has 2 aliphatic rings. The SMILES string of the molecule is c1cnc(NCC2(N3CCSCC3)CCCCC2)cn1. The topological polar surface area (TPSA) is 41.1 Å². The third-order valence-corrected chi connectivity index (χ3v) is 5.57. The highest BCUT2D eigenvalue weighted by atomic mass is 32.2. The van der Waals surface area contributed by atoms with Crippen LogP contribution in [-0.4, -0.2) is 51.5 Å². The van der Waals surface area contributed by atoms with Gasteiger partial charge >= 0.3 is 0 Å². The van der Waals surface area contributed by atoms with Crippen LogP contribution in [0.5, 0.6) is 0 Å². The molecule has 0 unspecified atom stereocenters. The van der Waals surface area contributed by atoms with Crippen molar-refractivity contribution in [2.45, 2.75) is 37.6 Å². The molecule has 0 spiro atoms. The summed E-state index contributed by atoms with van der Waals surface area (Å²) in [5.41, 5.74) is 0.344. The predicted molar refractivity (Wildman–Crippen MR) is 85.2 cm³/mol. The van der Waals surface area contributed by atoms with E-state index in [0.29, 0.717) is 5.54 Å². The first kappa shape index (κ1) is 14.1. The van der Waals surface area contributed by atoms with Crippen LogP contribution in [0.2, 0.25) is 0 Å². The summed E-state index contributed by atoms with van der Waals surface area (Å²) in [5, 5.41) is 3.53. The van der Waals surface area contributed by atoms with Crippen molar-refractivity contribution in [1.82, 2.24) is 14.9 Å². The standard InChI is InChI=1S/C15H24N4S/c1-2-4-15(5-3-1,19-8-10-20-11-9-19)13-18-14-12-16-6-7-17-14/h6-7,12H,1-5,8-11,13H2,(H,17,18). The van der Waals surface area contributed by atoms with Gasteiger partial charge in [-0.05, 0) is 12.8 Å². The molecule has 1 aromatic rings.